The van der Waals surface area contributed by atoms with Crippen LogP contribution in [0.25, 0.3) is 11.1 Å². The van der Waals surface area contributed by atoms with E-state index in [2.05, 4.69) is 16.4 Å². The summed E-state index contributed by atoms with van der Waals surface area (Å²) in [6.45, 7) is 2.67. The summed E-state index contributed by atoms with van der Waals surface area (Å²) in [4.78, 5) is 16.9. The highest BCUT2D eigenvalue weighted by molar-refractivity contribution is 7.11. The zero-order valence-electron chi connectivity index (χ0n) is 10.6. The number of nitro benzene ring substituents is 1. The number of nitrogens with zero attached hydrogens (tertiary/aromatic N) is 2. The van der Waals surface area contributed by atoms with Gasteiger partial charge in [-0.2, -0.15) is 4.98 Å². The summed E-state index contributed by atoms with van der Waals surface area (Å²) >= 11 is 1.70. The fourth-order valence-corrected chi connectivity index (χ4v) is 2.68. The summed E-state index contributed by atoms with van der Waals surface area (Å²) in [5.74, 6) is 0. The molecule has 2 heterocycles. The van der Waals surface area contributed by atoms with Crippen LogP contribution in [0.2, 0.25) is 0 Å². The number of fused-ring (bicyclic) bond motifs is 1. The third-order valence-electron chi connectivity index (χ3n) is 2.79. The first-order valence-electron chi connectivity index (χ1n) is 5.96. The van der Waals surface area contributed by atoms with Gasteiger partial charge in [-0.25, -0.2) is 0 Å². The Bertz CT molecular complexity index is 778. The van der Waals surface area contributed by atoms with Crippen LogP contribution >= 0.6 is 11.3 Å². The van der Waals surface area contributed by atoms with E-state index in [1.165, 1.54) is 21.9 Å². The van der Waals surface area contributed by atoms with Crippen LogP contribution in [0.3, 0.4) is 0 Å². The van der Waals surface area contributed by atoms with Crippen LogP contribution in [0.5, 0.6) is 0 Å². The maximum Gasteiger partial charge on any atom is 0.295 e. The molecule has 3 rings (SSSR count). The van der Waals surface area contributed by atoms with E-state index < -0.39 is 4.92 Å². The number of nitro groups is 1. The SMILES string of the molecule is Cc1ccc(CNc2nc3ccc([N+](=O)[O-])cc3o2)s1. The molecule has 0 aliphatic carbocycles. The van der Waals surface area contributed by atoms with Crippen molar-refractivity contribution < 1.29 is 9.34 Å². The number of oxazole rings is 1. The zero-order chi connectivity index (χ0) is 14.1. The van der Waals surface area contributed by atoms with Gasteiger partial charge in [0.2, 0.25) is 0 Å². The minimum atomic E-state index is -0.455. The molecule has 6 nitrogen and oxygen atoms in total. The zero-order valence-corrected chi connectivity index (χ0v) is 11.4. The predicted molar refractivity (Wildman–Crippen MR) is 77.0 cm³/mol. The number of rotatable bonds is 4. The van der Waals surface area contributed by atoms with E-state index in [-0.39, 0.29) is 5.69 Å². The average Bonchev–Trinajstić information content (AvgIpc) is 3.00. The van der Waals surface area contributed by atoms with Crippen molar-refractivity contribution in [2.75, 3.05) is 5.32 Å². The van der Waals surface area contributed by atoms with Crippen molar-refractivity contribution in [1.82, 2.24) is 4.98 Å². The van der Waals surface area contributed by atoms with E-state index in [1.807, 2.05) is 13.0 Å². The molecule has 0 saturated heterocycles. The Morgan fingerprint density at radius 2 is 2.25 bits per heavy atom. The molecule has 3 aromatic rings. The van der Waals surface area contributed by atoms with Gasteiger partial charge < -0.3 is 9.73 Å². The molecule has 0 saturated carbocycles. The van der Waals surface area contributed by atoms with Gasteiger partial charge in [0, 0.05) is 15.8 Å². The first-order chi connectivity index (χ1) is 9.61. The summed E-state index contributed by atoms with van der Waals surface area (Å²) in [6.07, 6.45) is 0. The fourth-order valence-electron chi connectivity index (χ4n) is 1.85. The lowest BCUT2D eigenvalue weighted by Gasteiger charge is -1.97. The number of aromatic nitrogens is 1. The molecule has 0 atom stereocenters. The van der Waals surface area contributed by atoms with Crippen molar-refractivity contribution in [2.24, 2.45) is 0 Å². The van der Waals surface area contributed by atoms with Gasteiger partial charge >= 0.3 is 0 Å². The van der Waals surface area contributed by atoms with Gasteiger partial charge in [0.05, 0.1) is 17.5 Å². The van der Waals surface area contributed by atoms with Gasteiger partial charge in [0.25, 0.3) is 11.7 Å². The molecule has 2 aromatic heterocycles. The molecule has 0 spiro atoms. The highest BCUT2D eigenvalue weighted by atomic mass is 32.1. The van der Waals surface area contributed by atoms with E-state index in [1.54, 1.807) is 17.4 Å². The number of aryl methyl sites for hydroxylation is 1. The van der Waals surface area contributed by atoms with Crippen LogP contribution in [-0.4, -0.2) is 9.91 Å². The molecule has 7 heteroatoms. The molecular formula is C13H11N3O3S. The summed E-state index contributed by atoms with van der Waals surface area (Å²) < 4.78 is 5.47. The molecule has 0 radical (unpaired) electrons. The van der Waals surface area contributed by atoms with Crippen molar-refractivity contribution in [3.8, 4) is 0 Å². The summed E-state index contributed by atoms with van der Waals surface area (Å²) in [5.41, 5.74) is 0.999. The quantitative estimate of drug-likeness (QED) is 0.584. The van der Waals surface area contributed by atoms with Gasteiger partial charge in [-0.1, -0.05) is 0 Å². The molecule has 0 unspecified atom stereocenters. The Morgan fingerprint density at radius 1 is 1.40 bits per heavy atom. The third-order valence-corrected chi connectivity index (χ3v) is 3.79. The maximum absolute atomic E-state index is 10.7. The number of hydrogen-bond donors (Lipinski definition) is 1. The Kier molecular flexibility index (Phi) is 3.11. The topological polar surface area (TPSA) is 81.2 Å². The second kappa shape index (κ2) is 4.93. The Balaban J connectivity index is 1.80. The lowest BCUT2D eigenvalue weighted by Crippen LogP contribution is -1.96. The second-order valence-corrected chi connectivity index (χ2v) is 5.67. The highest BCUT2D eigenvalue weighted by Crippen LogP contribution is 2.24. The van der Waals surface area contributed by atoms with Gasteiger partial charge in [-0.05, 0) is 25.1 Å². The van der Waals surface area contributed by atoms with Crippen molar-refractivity contribution in [3.63, 3.8) is 0 Å². The Labute approximate surface area is 118 Å². The molecular weight excluding hydrogens is 278 g/mol. The van der Waals surface area contributed by atoms with Crippen molar-refractivity contribution in [3.05, 3.63) is 50.2 Å². The molecule has 0 fully saturated rings. The minimum Gasteiger partial charge on any atom is -0.423 e. The van der Waals surface area contributed by atoms with Gasteiger partial charge in [0.15, 0.2) is 5.58 Å². The average molecular weight is 289 g/mol. The van der Waals surface area contributed by atoms with E-state index in [0.717, 1.165) is 0 Å². The molecule has 1 N–H and O–H groups in total. The molecule has 0 aliphatic heterocycles. The Hall–Kier alpha value is -2.41. The monoisotopic (exact) mass is 289 g/mol. The normalized spacial score (nSPS) is 10.8. The third kappa shape index (κ3) is 2.48. The number of hydrogen-bond acceptors (Lipinski definition) is 6. The number of anilines is 1. The molecule has 20 heavy (non-hydrogen) atoms. The van der Waals surface area contributed by atoms with Crippen LogP contribution in [0, 0.1) is 17.0 Å². The first-order valence-corrected chi connectivity index (χ1v) is 6.77. The van der Waals surface area contributed by atoms with Crippen LogP contribution in [0.15, 0.2) is 34.7 Å². The van der Waals surface area contributed by atoms with Crippen molar-refractivity contribution >= 4 is 34.1 Å². The molecule has 102 valence electrons. The molecule has 0 bridgehead atoms. The number of benzene rings is 1. The number of non-ortho nitro benzene ring substituents is 1. The second-order valence-electron chi connectivity index (χ2n) is 4.29. The maximum atomic E-state index is 10.7. The summed E-state index contributed by atoms with van der Waals surface area (Å²) in [6, 6.07) is 8.83. The van der Waals surface area contributed by atoms with E-state index >= 15 is 0 Å². The van der Waals surface area contributed by atoms with Crippen LogP contribution in [0.4, 0.5) is 11.7 Å². The summed E-state index contributed by atoms with van der Waals surface area (Å²) in [7, 11) is 0. The minimum absolute atomic E-state index is 0.00548. The Morgan fingerprint density at radius 3 is 2.95 bits per heavy atom. The van der Waals surface area contributed by atoms with Gasteiger partial charge in [-0.15, -0.1) is 11.3 Å². The lowest BCUT2D eigenvalue weighted by molar-refractivity contribution is -0.384. The van der Waals surface area contributed by atoms with Crippen LogP contribution in [0.1, 0.15) is 9.75 Å². The highest BCUT2D eigenvalue weighted by Gasteiger charge is 2.11. The van der Waals surface area contributed by atoms with Crippen molar-refractivity contribution in [1.29, 1.82) is 0 Å². The molecule has 0 aliphatic rings. The van der Waals surface area contributed by atoms with Crippen LogP contribution < -0.4 is 5.32 Å². The van der Waals surface area contributed by atoms with E-state index in [9.17, 15) is 10.1 Å². The largest absolute Gasteiger partial charge is 0.423 e. The smallest absolute Gasteiger partial charge is 0.295 e. The van der Waals surface area contributed by atoms with Gasteiger partial charge in [-0.3, -0.25) is 10.1 Å². The summed E-state index contributed by atoms with van der Waals surface area (Å²) in [5, 5.41) is 13.8. The lowest BCUT2D eigenvalue weighted by atomic mass is 10.3. The molecule has 0 amide bonds. The first kappa shape index (κ1) is 12.6. The fraction of sp³-hybridized carbons (Fsp3) is 0.154. The number of nitrogens with one attached hydrogen (secondary N) is 1. The van der Waals surface area contributed by atoms with Crippen LogP contribution in [-0.2, 0) is 6.54 Å². The van der Waals surface area contributed by atoms with E-state index in [4.69, 9.17) is 4.42 Å². The standard InChI is InChI=1S/C13H11N3O3S/c1-8-2-4-10(20-8)7-14-13-15-11-5-3-9(16(17)18)6-12(11)19-13/h2-6H,7H2,1H3,(H,14,15). The molecule has 1 aromatic carbocycles. The van der Waals surface area contributed by atoms with E-state index in [0.29, 0.717) is 23.7 Å². The number of thiophene rings is 1. The predicted octanol–water partition coefficient (Wildman–Crippen LogP) is 3.72. The van der Waals surface area contributed by atoms with Crippen molar-refractivity contribution in [2.45, 2.75) is 13.5 Å². The van der Waals surface area contributed by atoms with Gasteiger partial charge in [0.1, 0.15) is 5.52 Å².